The van der Waals surface area contributed by atoms with Gasteiger partial charge in [0.2, 0.25) is 5.95 Å². The van der Waals surface area contributed by atoms with Crippen molar-refractivity contribution in [3.63, 3.8) is 0 Å². The van der Waals surface area contributed by atoms with Crippen molar-refractivity contribution >= 4 is 17.7 Å². The first kappa shape index (κ1) is 18.4. The van der Waals surface area contributed by atoms with Crippen LogP contribution < -0.4 is 9.80 Å². The summed E-state index contributed by atoms with van der Waals surface area (Å²) in [5.74, 6) is -1.86. The van der Waals surface area contributed by atoms with Crippen molar-refractivity contribution in [1.82, 2.24) is 9.97 Å². The van der Waals surface area contributed by atoms with E-state index in [9.17, 15) is 13.6 Å². The molecule has 3 aliphatic rings. The molecule has 8 heteroatoms. The highest BCUT2D eigenvalue weighted by atomic mass is 19.3. The lowest BCUT2D eigenvalue weighted by Gasteiger charge is -2.39. The first-order valence-corrected chi connectivity index (χ1v) is 9.85. The molecule has 1 aliphatic carbocycles. The average Bonchev–Trinajstić information content (AvgIpc) is 3.18. The van der Waals surface area contributed by atoms with Crippen LogP contribution in [-0.4, -0.2) is 48.2 Å². The number of hydrogen-bond donors (Lipinski definition) is 0. The Morgan fingerprint density at radius 1 is 1.30 bits per heavy atom. The smallest absolute Gasteiger partial charge is 0.306 e. The van der Waals surface area contributed by atoms with E-state index in [1.807, 2.05) is 4.90 Å². The van der Waals surface area contributed by atoms with Gasteiger partial charge in [0, 0.05) is 37.7 Å². The van der Waals surface area contributed by atoms with Crippen molar-refractivity contribution in [3.8, 4) is 0 Å². The summed E-state index contributed by atoms with van der Waals surface area (Å²) in [6.45, 7) is 6.39. The van der Waals surface area contributed by atoms with Crippen molar-refractivity contribution in [2.24, 2.45) is 5.92 Å². The van der Waals surface area contributed by atoms with Gasteiger partial charge in [-0.2, -0.15) is 13.8 Å². The molecular weight excluding hydrogens is 354 g/mol. The summed E-state index contributed by atoms with van der Waals surface area (Å²) in [6.07, 6.45) is 2.32. The van der Waals surface area contributed by atoms with Crippen molar-refractivity contribution in [2.45, 2.75) is 57.9 Å². The lowest BCUT2D eigenvalue weighted by molar-refractivity contribution is -0.144. The van der Waals surface area contributed by atoms with Gasteiger partial charge in [-0.25, -0.2) is 4.98 Å². The highest BCUT2D eigenvalue weighted by molar-refractivity contribution is 5.70. The number of fused-ring (bicyclic) bond motifs is 1. The third-order valence-corrected chi connectivity index (χ3v) is 5.93. The van der Waals surface area contributed by atoms with Crippen molar-refractivity contribution in [3.05, 3.63) is 11.3 Å². The van der Waals surface area contributed by atoms with E-state index in [1.54, 1.807) is 6.92 Å². The van der Waals surface area contributed by atoms with E-state index in [2.05, 4.69) is 16.8 Å². The molecule has 27 heavy (non-hydrogen) atoms. The van der Waals surface area contributed by atoms with Gasteiger partial charge in [-0.1, -0.05) is 0 Å². The van der Waals surface area contributed by atoms with Gasteiger partial charge >= 0.3 is 5.97 Å². The molecule has 6 nitrogen and oxygen atoms in total. The number of nitrogens with zero attached hydrogens (tertiary/aromatic N) is 4. The Bertz CT molecular complexity index is 743. The van der Waals surface area contributed by atoms with E-state index in [0.29, 0.717) is 49.9 Å². The van der Waals surface area contributed by atoms with Gasteiger partial charge in [0.1, 0.15) is 11.5 Å². The summed E-state index contributed by atoms with van der Waals surface area (Å²) in [6, 6.07) is 0.279. The lowest BCUT2D eigenvalue weighted by atomic mass is 10.1. The predicted molar refractivity (Wildman–Crippen MR) is 97.2 cm³/mol. The normalized spacial score (nSPS) is 26.1. The zero-order valence-corrected chi connectivity index (χ0v) is 15.9. The Kier molecular flexibility index (Phi) is 4.68. The Balaban J connectivity index is 1.60. The molecule has 0 aromatic carbocycles. The third kappa shape index (κ3) is 3.34. The van der Waals surface area contributed by atoms with Gasteiger partial charge in [0.25, 0.3) is 5.92 Å². The van der Waals surface area contributed by atoms with Gasteiger partial charge in [-0.3, -0.25) is 4.79 Å². The molecule has 0 radical (unpaired) electrons. The molecule has 0 N–H and O–H groups in total. The van der Waals surface area contributed by atoms with E-state index >= 15 is 0 Å². The Labute approximate surface area is 157 Å². The van der Waals surface area contributed by atoms with Crippen LogP contribution in [0.15, 0.2) is 0 Å². The van der Waals surface area contributed by atoms with Gasteiger partial charge in [-0.15, -0.1) is 0 Å². The Hall–Kier alpha value is -1.99. The summed E-state index contributed by atoms with van der Waals surface area (Å²) in [5.41, 5.74) is 0.476. The van der Waals surface area contributed by atoms with Crippen LogP contribution in [0.1, 0.15) is 50.8 Å². The lowest BCUT2D eigenvalue weighted by Crippen LogP contribution is -2.47. The molecule has 0 amide bonds. The maximum absolute atomic E-state index is 14.4. The topological polar surface area (TPSA) is 58.6 Å². The molecule has 2 atom stereocenters. The van der Waals surface area contributed by atoms with Gasteiger partial charge in [0.15, 0.2) is 0 Å². The van der Waals surface area contributed by atoms with E-state index in [-0.39, 0.29) is 30.0 Å². The number of hydrogen-bond acceptors (Lipinski definition) is 6. The van der Waals surface area contributed by atoms with Gasteiger partial charge in [0.05, 0.1) is 13.0 Å². The first-order valence-electron chi connectivity index (χ1n) is 9.85. The number of carbonyl (C=O) groups is 1. The molecule has 0 bridgehead atoms. The second kappa shape index (κ2) is 6.87. The summed E-state index contributed by atoms with van der Waals surface area (Å²) >= 11 is 0. The number of ether oxygens (including phenoxy) is 1. The van der Waals surface area contributed by atoms with Crippen LogP contribution in [0.3, 0.4) is 0 Å². The van der Waals surface area contributed by atoms with Crippen molar-refractivity contribution in [2.75, 3.05) is 36.0 Å². The predicted octanol–water partition coefficient (Wildman–Crippen LogP) is 2.89. The fourth-order valence-electron chi connectivity index (χ4n) is 4.24. The molecule has 1 aromatic heterocycles. The molecule has 3 heterocycles. The largest absolute Gasteiger partial charge is 0.466 e. The summed E-state index contributed by atoms with van der Waals surface area (Å²) in [4.78, 5) is 24.8. The summed E-state index contributed by atoms with van der Waals surface area (Å²) in [5, 5.41) is 0. The average molecular weight is 380 g/mol. The maximum atomic E-state index is 14.4. The van der Waals surface area contributed by atoms with Crippen LogP contribution in [0.4, 0.5) is 20.5 Å². The quantitative estimate of drug-likeness (QED) is 0.732. The Morgan fingerprint density at radius 3 is 2.78 bits per heavy atom. The minimum absolute atomic E-state index is 0.101. The number of esters is 1. The van der Waals surface area contributed by atoms with Gasteiger partial charge in [-0.05, 0) is 39.0 Å². The standard InChI is InChI=1S/C19H26F2N4O2/c1-3-27-15(26)10-13-6-8-24(11-13)17-14-4-7-19(20,21)16(14)22-18(23-17)25-9-5-12(25)2/h12-13H,3-11H2,1-2H3. The zero-order valence-electron chi connectivity index (χ0n) is 15.9. The zero-order chi connectivity index (χ0) is 19.2. The van der Waals surface area contributed by atoms with Gasteiger partial charge < -0.3 is 14.5 Å². The second-order valence-electron chi connectivity index (χ2n) is 7.82. The molecular formula is C19H26F2N4O2. The molecule has 2 saturated heterocycles. The number of carbonyl (C=O) groups excluding carboxylic acids is 1. The molecule has 148 valence electrons. The molecule has 0 saturated carbocycles. The fraction of sp³-hybridized carbons (Fsp3) is 0.737. The number of aromatic nitrogens is 2. The van der Waals surface area contributed by atoms with Crippen LogP contribution in [0.25, 0.3) is 0 Å². The van der Waals surface area contributed by atoms with Crippen LogP contribution in [0, 0.1) is 5.92 Å². The molecule has 2 fully saturated rings. The number of halogens is 2. The number of alkyl halides is 2. The molecule has 4 rings (SSSR count). The molecule has 2 aliphatic heterocycles. The van der Waals surface area contributed by atoms with E-state index < -0.39 is 5.92 Å². The van der Waals surface area contributed by atoms with Crippen molar-refractivity contribution in [1.29, 1.82) is 0 Å². The third-order valence-electron chi connectivity index (χ3n) is 5.93. The Morgan fingerprint density at radius 2 is 2.11 bits per heavy atom. The van der Waals surface area contributed by atoms with Crippen LogP contribution in [0.2, 0.25) is 0 Å². The van der Waals surface area contributed by atoms with E-state index in [1.165, 1.54) is 0 Å². The summed E-state index contributed by atoms with van der Waals surface area (Å²) in [7, 11) is 0. The van der Waals surface area contributed by atoms with Crippen LogP contribution in [0.5, 0.6) is 0 Å². The van der Waals surface area contributed by atoms with Crippen molar-refractivity contribution < 1.29 is 18.3 Å². The minimum atomic E-state index is -2.89. The number of anilines is 2. The molecule has 0 spiro atoms. The van der Waals surface area contributed by atoms with Crippen LogP contribution in [-0.2, 0) is 21.9 Å². The highest BCUT2D eigenvalue weighted by Crippen LogP contribution is 2.45. The first-order chi connectivity index (χ1) is 12.9. The monoisotopic (exact) mass is 380 g/mol. The van der Waals surface area contributed by atoms with E-state index in [4.69, 9.17) is 9.72 Å². The second-order valence-corrected chi connectivity index (χ2v) is 7.82. The molecule has 2 unspecified atom stereocenters. The van der Waals surface area contributed by atoms with E-state index in [0.717, 1.165) is 19.4 Å². The molecule has 1 aromatic rings. The SMILES string of the molecule is CCOC(=O)CC1CCN(c2nc(N3CCC3C)nc3c2CCC3(F)F)C1. The summed E-state index contributed by atoms with van der Waals surface area (Å²) < 4.78 is 33.9. The number of rotatable bonds is 5. The maximum Gasteiger partial charge on any atom is 0.306 e. The highest BCUT2D eigenvalue weighted by Gasteiger charge is 2.45. The van der Waals surface area contributed by atoms with Crippen LogP contribution >= 0.6 is 0 Å². The fourth-order valence-corrected chi connectivity index (χ4v) is 4.24. The minimum Gasteiger partial charge on any atom is -0.466 e.